The van der Waals surface area contributed by atoms with Gasteiger partial charge in [0.1, 0.15) is 0 Å². The van der Waals surface area contributed by atoms with Crippen molar-refractivity contribution in [2.75, 3.05) is 7.05 Å². The van der Waals surface area contributed by atoms with Crippen molar-refractivity contribution >= 4 is 20.0 Å². The molecule has 0 aliphatic rings. The molecule has 1 amide bonds. The number of carbonyl (C=O) groups excluding carboxylic acids is 1. The zero-order valence-corrected chi connectivity index (χ0v) is 8.13. The van der Waals surface area contributed by atoms with Crippen LogP contribution in [-0.4, -0.2) is 27.0 Å². The van der Waals surface area contributed by atoms with E-state index in [9.17, 15) is 4.79 Å². The van der Waals surface area contributed by atoms with Crippen molar-refractivity contribution in [2.45, 2.75) is 13.2 Å². The molecule has 0 saturated carbocycles. The summed E-state index contributed by atoms with van der Waals surface area (Å²) in [5.74, 6) is 4.18. The van der Waals surface area contributed by atoms with Crippen molar-refractivity contribution in [3.05, 3.63) is 29.1 Å². The number of amides is 1. The SMILES string of the molecule is CNC(=O)BCc1ccbcc1C. The van der Waals surface area contributed by atoms with Crippen LogP contribution < -0.4 is 5.32 Å². The van der Waals surface area contributed by atoms with Gasteiger partial charge < -0.3 is 0 Å². The van der Waals surface area contributed by atoms with E-state index in [1.54, 1.807) is 7.05 Å². The van der Waals surface area contributed by atoms with Gasteiger partial charge in [-0.15, -0.1) is 0 Å². The quantitative estimate of drug-likeness (QED) is 0.666. The predicted molar refractivity (Wildman–Crippen MR) is 57.8 cm³/mol. The van der Waals surface area contributed by atoms with E-state index in [1.807, 2.05) is 12.9 Å². The number of nitrogens with one attached hydrogen (secondary N) is 1. The Kier molecular flexibility index (Phi) is 3.74. The van der Waals surface area contributed by atoms with Gasteiger partial charge >= 0.3 is 79.5 Å². The van der Waals surface area contributed by atoms with Crippen LogP contribution in [0.1, 0.15) is 11.1 Å². The Morgan fingerprint density at radius 2 is 2.46 bits per heavy atom. The third-order valence-corrected chi connectivity index (χ3v) is 2.16. The predicted octanol–water partition coefficient (Wildman–Crippen LogP) is 0.609. The van der Waals surface area contributed by atoms with Crippen molar-refractivity contribution < 1.29 is 4.79 Å². The second-order valence-corrected chi connectivity index (χ2v) is 3.10. The molecule has 1 rings (SSSR count). The van der Waals surface area contributed by atoms with Gasteiger partial charge in [0.25, 0.3) is 0 Å². The van der Waals surface area contributed by atoms with Crippen molar-refractivity contribution in [3.63, 3.8) is 0 Å². The van der Waals surface area contributed by atoms with Crippen LogP contribution in [0.2, 0.25) is 0 Å². The topological polar surface area (TPSA) is 29.1 Å². The van der Waals surface area contributed by atoms with Gasteiger partial charge in [-0.05, 0) is 0 Å². The average molecular weight is 173 g/mol. The van der Waals surface area contributed by atoms with Gasteiger partial charge in [0.05, 0.1) is 0 Å². The second kappa shape index (κ2) is 4.85. The zero-order chi connectivity index (χ0) is 9.68. The van der Waals surface area contributed by atoms with Crippen LogP contribution in [0.4, 0.5) is 4.79 Å². The third kappa shape index (κ3) is 3.05. The van der Waals surface area contributed by atoms with Gasteiger partial charge in [0, 0.05) is 0 Å². The fourth-order valence-electron chi connectivity index (χ4n) is 1.26. The second-order valence-electron chi connectivity index (χ2n) is 3.10. The Bertz CT molecular complexity index is 301. The van der Waals surface area contributed by atoms with E-state index < -0.39 is 0 Å². The van der Waals surface area contributed by atoms with Crippen molar-refractivity contribution in [1.29, 1.82) is 0 Å². The Hall–Kier alpha value is -1.05. The normalized spacial score (nSPS) is 9.08. The van der Waals surface area contributed by atoms with Crippen LogP contribution in [0, 0.1) is 6.92 Å². The summed E-state index contributed by atoms with van der Waals surface area (Å²) in [6.45, 7) is 4.08. The van der Waals surface area contributed by atoms with Gasteiger partial charge in [0.15, 0.2) is 0 Å². The van der Waals surface area contributed by atoms with Crippen molar-refractivity contribution in [1.82, 2.24) is 5.32 Å². The van der Waals surface area contributed by atoms with Crippen LogP contribution in [-0.2, 0) is 6.32 Å². The molecule has 0 spiro atoms. The van der Waals surface area contributed by atoms with Crippen LogP contribution in [0.3, 0.4) is 0 Å². The molecule has 0 bridgehead atoms. The minimum absolute atomic E-state index is 0.100. The molecular formula is C9H13B2NO. The number of carbonyl (C=O) groups is 1. The minimum atomic E-state index is 0.100. The number of aryl methyl sites for hydroxylation is 1. The van der Waals surface area contributed by atoms with E-state index in [4.69, 9.17) is 0 Å². The van der Waals surface area contributed by atoms with Gasteiger partial charge in [-0.3, -0.25) is 0 Å². The number of hydrogen-bond donors (Lipinski definition) is 1. The molecule has 0 fully saturated rings. The first-order chi connectivity index (χ1) is 6.24. The molecule has 66 valence electrons. The summed E-state index contributed by atoms with van der Waals surface area (Å²) < 4.78 is 0. The summed E-state index contributed by atoms with van der Waals surface area (Å²) in [7, 11) is 2.24. The zero-order valence-electron chi connectivity index (χ0n) is 8.13. The van der Waals surface area contributed by atoms with Crippen LogP contribution in [0.15, 0.2) is 18.0 Å². The molecular weight excluding hydrogens is 160 g/mol. The van der Waals surface area contributed by atoms with Gasteiger partial charge in [-0.2, -0.15) is 0 Å². The maximum absolute atomic E-state index is 11.0. The first-order valence-corrected chi connectivity index (χ1v) is 4.49. The fourth-order valence-corrected chi connectivity index (χ4v) is 1.26. The molecule has 1 aromatic rings. The number of hydrogen-bond acceptors (Lipinski definition) is 1. The summed E-state index contributed by atoms with van der Waals surface area (Å²) >= 11 is 0. The summed E-state index contributed by atoms with van der Waals surface area (Å²) in [6, 6.07) is 2.07. The standard InChI is InChI=1S/C9H13B2NO/c1-7-5-10-4-3-8(7)6-11-9(13)12-2/h3-5,11H,6H2,1-2H3,(H,12,13). The van der Waals surface area contributed by atoms with Gasteiger partial charge in [-0.1, -0.05) is 0 Å². The summed E-state index contributed by atoms with van der Waals surface area (Å²) in [4.78, 5) is 11.0. The summed E-state index contributed by atoms with van der Waals surface area (Å²) in [6.07, 6.45) is 0.826. The first kappa shape index (κ1) is 10.0. The summed E-state index contributed by atoms with van der Waals surface area (Å²) in [5.41, 5.74) is 2.51. The molecule has 0 radical (unpaired) electrons. The van der Waals surface area contributed by atoms with E-state index >= 15 is 0 Å². The molecule has 0 aliphatic heterocycles. The Labute approximate surface area is 80.2 Å². The molecule has 0 atom stereocenters. The molecule has 0 aromatic carbocycles. The Morgan fingerprint density at radius 3 is 3.08 bits per heavy atom. The van der Waals surface area contributed by atoms with E-state index in [2.05, 4.69) is 24.3 Å². The van der Waals surface area contributed by atoms with Gasteiger partial charge in [0.2, 0.25) is 0 Å². The fraction of sp³-hybridized carbons (Fsp3) is 0.333. The van der Waals surface area contributed by atoms with Crippen LogP contribution in [0.5, 0.6) is 0 Å². The molecule has 0 unspecified atom stereocenters. The maximum atomic E-state index is 11.0. The van der Waals surface area contributed by atoms with Crippen molar-refractivity contribution in [3.8, 4) is 0 Å². The Balaban J connectivity index is 2.54. The van der Waals surface area contributed by atoms with Crippen molar-refractivity contribution in [2.24, 2.45) is 0 Å². The molecule has 1 aromatic heterocycles. The molecule has 4 heteroatoms. The summed E-state index contributed by atoms with van der Waals surface area (Å²) in [5, 5.41) is 2.62. The molecule has 1 N–H and O–H groups in total. The first-order valence-electron chi connectivity index (χ1n) is 4.49. The molecule has 1 heterocycles. The van der Waals surface area contributed by atoms with E-state index in [0.29, 0.717) is 7.28 Å². The van der Waals surface area contributed by atoms with Crippen LogP contribution >= 0.6 is 0 Å². The third-order valence-electron chi connectivity index (χ3n) is 2.16. The van der Waals surface area contributed by atoms with E-state index in [0.717, 1.165) is 6.32 Å². The van der Waals surface area contributed by atoms with E-state index in [1.165, 1.54) is 11.1 Å². The van der Waals surface area contributed by atoms with E-state index in [-0.39, 0.29) is 5.81 Å². The molecule has 0 aliphatic carbocycles. The average Bonchev–Trinajstić information content (AvgIpc) is 2.16. The molecule has 13 heavy (non-hydrogen) atoms. The monoisotopic (exact) mass is 173 g/mol. The van der Waals surface area contributed by atoms with Crippen LogP contribution in [0.25, 0.3) is 0 Å². The number of rotatable bonds is 3. The molecule has 0 saturated heterocycles. The van der Waals surface area contributed by atoms with Gasteiger partial charge in [-0.25, -0.2) is 0 Å². The molecule has 2 nitrogen and oxygen atoms in total. The Morgan fingerprint density at radius 1 is 1.69 bits per heavy atom.